The Morgan fingerprint density at radius 3 is 2.33 bits per heavy atom. The molecule has 0 saturated heterocycles. The first kappa shape index (κ1) is 11.8. The summed E-state index contributed by atoms with van der Waals surface area (Å²) in [5.74, 6) is -0.290. The maximum Gasteiger partial charge on any atom is 0.337 e. The van der Waals surface area contributed by atoms with Crippen LogP contribution < -0.4 is 0 Å². The van der Waals surface area contributed by atoms with Crippen LogP contribution in [0, 0.1) is 0 Å². The molecule has 1 heterocycles. The van der Waals surface area contributed by atoms with Crippen molar-refractivity contribution in [2.24, 2.45) is 4.99 Å². The van der Waals surface area contributed by atoms with E-state index >= 15 is 0 Å². The van der Waals surface area contributed by atoms with Crippen molar-refractivity contribution in [1.29, 1.82) is 0 Å². The summed E-state index contributed by atoms with van der Waals surface area (Å²) in [5, 5.41) is 0. The smallest absolute Gasteiger partial charge is 0.337 e. The summed E-state index contributed by atoms with van der Waals surface area (Å²) in [6.45, 7) is 0. The van der Waals surface area contributed by atoms with Gasteiger partial charge in [-0.3, -0.25) is 4.79 Å². The van der Waals surface area contributed by atoms with Crippen LogP contribution >= 0.6 is 0 Å². The van der Waals surface area contributed by atoms with Crippen molar-refractivity contribution in [2.45, 2.75) is 0 Å². The quantitative estimate of drug-likeness (QED) is 0.641. The minimum absolute atomic E-state index is 0.0474. The summed E-state index contributed by atoms with van der Waals surface area (Å²) < 4.78 is 4.93. The van der Waals surface area contributed by atoms with Crippen molar-refractivity contribution in [3.63, 3.8) is 0 Å². The minimum Gasteiger partial charge on any atom is -0.404 e. The molecule has 0 atom stereocenters. The summed E-state index contributed by atoms with van der Waals surface area (Å²) in [4.78, 5) is 27.9. The first-order valence-corrected chi connectivity index (χ1v) is 6.50. The van der Waals surface area contributed by atoms with Crippen molar-refractivity contribution in [1.82, 2.24) is 0 Å². The van der Waals surface area contributed by atoms with Gasteiger partial charge < -0.3 is 4.74 Å². The van der Waals surface area contributed by atoms with Gasteiger partial charge in [-0.15, -0.1) is 0 Å². The topological polar surface area (TPSA) is 55.7 Å². The number of ketones is 1. The zero-order valence-corrected chi connectivity index (χ0v) is 10.9. The van der Waals surface area contributed by atoms with E-state index in [1.165, 1.54) is 12.2 Å². The second-order valence-corrected chi connectivity index (χ2v) is 4.78. The Hall–Kier alpha value is -3.01. The van der Waals surface area contributed by atoms with Gasteiger partial charge in [-0.25, -0.2) is 9.79 Å². The Kier molecular flexibility index (Phi) is 2.38. The average molecular weight is 275 g/mol. The fraction of sp³-hybridized carbons (Fsp3) is 0. The van der Waals surface area contributed by atoms with Crippen LogP contribution in [-0.2, 0) is 9.53 Å². The van der Waals surface area contributed by atoms with Crippen LogP contribution in [0.15, 0.2) is 59.6 Å². The average Bonchev–Trinajstić information content (AvgIpc) is 3.03. The number of esters is 1. The standard InChI is InChI=1S/C17H9NO3/c19-15-9-8-14(21-15)18-13-7-3-6-11-10-4-1-2-5-12(10)17(20)16(11)13/h1-9H. The summed E-state index contributed by atoms with van der Waals surface area (Å²) in [6.07, 6.45) is 2.80. The van der Waals surface area contributed by atoms with E-state index in [4.69, 9.17) is 4.74 Å². The number of benzene rings is 2. The van der Waals surface area contributed by atoms with E-state index in [1.54, 1.807) is 6.07 Å². The van der Waals surface area contributed by atoms with E-state index < -0.39 is 5.97 Å². The Bertz CT molecular complexity index is 862. The molecule has 1 aliphatic heterocycles. The van der Waals surface area contributed by atoms with Gasteiger partial charge in [0, 0.05) is 17.7 Å². The largest absolute Gasteiger partial charge is 0.404 e. The molecule has 4 rings (SSSR count). The SMILES string of the molecule is O=C1C=CC(=Nc2cccc3c2C(=O)c2ccccc2-3)O1. The van der Waals surface area contributed by atoms with Gasteiger partial charge in [0.15, 0.2) is 5.78 Å². The molecule has 0 N–H and O–H groups in total. The van der Waals surface area contributed by atoms with Crippen LogP contribution in [0.3, 0.4) is 0 Å². The monoisotopic (exact) mass is 275 g/mol. The number of aliphatic imine (C=N–C) groups is 1. The van der Waals surface area contributed by atoms with Crippen molar-refractivity contribution in [3.8, 4) is 11.1 Å². The normalized spacial score (nSPS) is 17.0. The molecule has 4 nitrogen and oxygen atoms in total. The molecule has 0 saturated carbocycles. The molecule has 2 aromatic carbocycles. The maximum atomic E-state index is 12.6. The second-order valence-electron chi connectivity index (χ2n) is 4.78. The molecule has 2 aromatic rings. The fourth-order valence-electron chi connectivity index (χ4n) is 2.64. The number of hydrogen-bond donors (Lipinski definition) is 0. The number of ether oxygens (including phenoxy) is 1. The lowest BCUT2D eigenvalue weighted by atomic mass is 10.1. The second kappa shape index (κ2) is 4.24. The van der Waals surface area contributed by atoms with Gasteiger partial charge in [0.2, 0.25) is 5.90 Å². The van der Waals surface area contributed by atoms with Crippen LogP contribution in [0.4, 0.5) is 5.69 Å². The van der Waals surface area contributed by atoms with E-state index in [1.807, 2.05) is 36.4 Å². The number of rotatable bonds is 1. The summed E-state index contributed by atoms with van der Waals surface area (Å²) in [6, 6.07) is 13.0. The highest BCUT2D eigenvalue weighted by Gasteiger charge is 2.29. The van der Waals surface area contributed by atoms with Gasteiger partial charge in [-0.05, 0) is 17.2 Å². The third-order valence-electron chi connectivity index (χ3n) is 3.53. The molecule has 1 aliphatic carbocycles. The molecule has 0 unspecified atom stereocenters. The molecule has 4 heteroatoms. The highest BCUT2D eigenvalue weighted by molar-refractivity contribution is 6.24. The van der Waals surface area contributed by atoms with Crippen molar-refractivity contribution >= 4 is 23.3 Å². The Morgan fingerprint density at radius 2 is 1.57 bits per heavy atom. The maximum absolute atomic E-state index is 12.6. The Labute approximate surface area is 120 Å². The van der Waals surface area contributed by atoms with Crippen molar-refractivity contribution in [2.75, 3.05) is 0 Å². The van der Waals surface area contributed by atoms with E-state index in [0.717, 1.165) is 11.1 Å². The van der Waals surface area contributed by atoms with E-state index in [-0.39, 0.29) is 11.7 Å². The summed E-state index contributed by atoms with van der Waals surface area (Å²) >= 11 is 0. The van der Waals surface area contributed by atoms with Crippen molar-refractivity contribution in [3.05, 3.63) is 65.7 Å². The van der Waals surface area contributed by atoms with Crippen molar-refractivity contribution < 1.29 is 14.3 Å². The number of hydrogen-bond acceptors (Lipinski definition) is 4. The van der Waals surface area contributed by atoms with Gasteiger partial charge in [0.1, 0.15) is 0 Å². The third kappa shape index (κ3) is 1.73. The lowest BCUT2D eigenvalue weighted by Gasteiger charge is -2.03. The lowest BCUT2D eigenvalue weighted by molar-refractivity contribution is -0.129. The molecule has 2 aliphatic rings. The number of fused-ring (bicyclic) bond motifs is 3. The summed E-state index contributed by atoms with van der Waals surface area (Å²) in [7, 11) is 0. The van der Waals surface area contributed by atoms with Gasteiger partial charge in [-0.1, -0.05) is 36.4 Å². The molecule has 0 fully saturated rings. The zero-order valence-electron chi connectivity index (χ0n) is 10.9. The molecule has 0 spiro atoms. The van der Waals surface area contributed by atoms with Gasteiger partial charge in [-0.2, -0.15) is 0 Å². The number of cyclic esters (lactones) is 1. The molecule has 21 heavy (non-hydrogen) atoms. The van der Waals surface area contributed by atoms with Gasteiger partial charge >= 0.3 is 5.97 Å². The number of nitrogens with zero attached hydrogens (tertiary/aromatic N) is 1. The summed E-state index contributed by atoms with van der Waals surface area (Å²) in [5.41, 5.74) is 3.54. The van der Waals surface area contributed by atoms with Crippen LogP contribution in [0.2, 0.25) is 0 Å². The molecule has 0 amide bonds. The van der Waals surface area contributed by atoms with Crippen LogP contribution in [0.1, 0.15) is 15.9 Å². The molecular weight excluding hydrogens is 266 g/mol. The van der Waals surface area contributed by atoms with Gasteiger partial charge in [0.25, 0.3) is 0 Å². The van der Waals surface area contributed by atoms with E-state index in [2.05, 4.69) is 4.99 Å². The molecule has 100 valence electrons. The van der Waals surface area contributed by atoms with E-state index in [9.17, 15) is 9.59 Å². The minimum atomic E-state index is -0.448. The number of carbonyl (C=O) groups is 2. The Morgan fingerprint density at radius 1 is 0.810 bits per heavy atom. The number of carbonyl (C=O) groups excluding carboxylic acids is 2. The first-order valence-electron chi connectivity index (χ1n) is 6.50. The third-order valence-corrected chi connectivity index (χ3v) is 3.53. The highest BCUT2D eigenvalue weighted by Crippen LogP contribution is 2.41. The van der Waals surface area contributed by atoms with Crippen LogP contribution in [0.5, 0.6) is 0 Å². The van der Waals surface area contributed by atoms with Crippen LogP contribution in [-0.4, -0.2) is 17.7 Å². The lowest BCUT2D eigenvalue weighted by Crippen LogP contribution is -2.00. The predicted molar refractivity (Wildman–Crippen MR) is 77.6 cm³/mol. The zero-order chi connectivity index (χ0) is 14.4. The Balaban J connectivity index is 1.89. The van der Waals surface area contributed by atoms with Crippen LogP contribution in [0.25, 0.3) is 11.1 Å². The molecule has 0 aromatic heterocycles. The predicted octanol–water partition coefficient (Wildman–Crippen LogP) is 3.04. The van der Waals surface area contributed by atoms with Gasteiger partial charge in [0.05, 0.1) is 11.3 Å². The molecular formula is C17H9NO3. The first-order chi connectivity index (χ1) is 10.2. The fourth-order valence-corrected chi connectivity index (χ4v) is 2.64. The van der Waals surface area contributed by atoms with E-state index in [0.29, 0.717) is 16.8 Å². The molecule has 0 bridgehead atoms. The highest BCUT2D eigenvalue weighted by atomic mass is 16.5. The molecule has 0 radical (unpaired) electrons.